The van der Waals surface area contributed by atoms with E-state index >= 15 is 0 Å². The van der Waals surface area contributed by atoms with Crippen LogP contribution in [0.1, 0.15) is 29.8 Å². The van der Waals surface area contributed by atoms with Crippen LogP contribution in [0.15, 0.2) is 18.5 Å². The van der Waals surface area contributed by atoms with Crippen molar-refractivity contribution >= 4 is 5.91 Å². The van der Waals surface area contributed by atoms with Gasteiger partial charge in [0.2, 0.25) is 5.91 Å². The minimum Gasteiger partial charge on any atom is -0.366 e. The Hall–Kier alpha value is -1.45. The Kier molecular flexibility index (Phi) is 2.32. The smallest absolute Gasteiger partial charge is 0.249 e. The van der Waals surface area contributed by atoms with E-state index in [1.807, 2.05) is 0 Å². The second kappa shape index (κ2) is 3.12. The van der Waals surface area contributed by atoms with Crippen LogP contribution >= 0.6 is 0 Å². The predicted octanol–water partition coefficient (Wildman–Crippen LogP) is 1.39. The van der Waals surface area contributed by atoms with Gasteiger partial charge in [-0.25, -0.2) is 4.39 Å². The Morgan fingerprint density at radius 2 is 2.23 bits per heavy atom. The predicted molar refractivity (Wildman–Crippen MR) is 46.9 cm³/mol. The van der Waals surface area contributed by atoms with Crippen molar-refractivity contribution in [1.29, 1.82) is 0 Å². The van der Waals surface area contributed by atoms with Crippen LogP contribution in [0, 0.1) is 0 Å². The molecule has 0 saturated carbocycles. The van der Waals surface area contributed by atoms with Crippen LogP contribution in [-0.4, -0.2) is 10.9 Å². The van der Waals surface area contributed by atoms with Crippen molar-refractivity contribution in [1.82, 2.24) is 4.98 Å². The third-order valence-corrected chi connectivity index (χ3v) is 1.73. The fraction of sp³-hybridized carbons (Fsp3) is 0.333. The van der Waals surface area contributed by atoms with Crippen molar-refractivity contribution in [2.24, 2.45) is 5.73 Å². The topological polar surface area (TPSA) is 56.0 Å². The molecule has 13 heavy (non-hydrogen) atoms. The summed E-state index contributed by atoms with van der Waals surface area (Å²) in [5.41, 5.74) is 3.89. The van der Waals surface area contributed by atoms with Gasteiger partial charge in [-0.15, -0.1) is 0 Å². The molecule has 0 aliphatic rings. The van der Waals surface area contributed by atoms with E-state index in [0.29, 0.717) is 0 Å². The van der Waals surface area contributed by atoms with E-state index in [-0.39, 0.29) is 11.1 Å². The number of amides is 1. The lowest BCUT2D eigenvalue weighted by molar-refractivity contribution is 0.0993. The number of hydrogen-bond acceptors (Lipinski definition) is 2. The number of alkyl halides is 1. The quantitative estimate of drug-likeness (QED) is 0.751. The molecule has 0 aromatic carbocycles. The van der Waals surface area contributed by atoms with Crippen LogP contribution in [-0.2, 0) is 5.67 Å². The number of carbonyl (C=O) groups excluding carboxylic acids is 1. The number of halogens is 1. The zero-order valence-electron chi connectivity index (χ0n) is 7.54. The van der Waals surface area contributed by atoms with E-state index in [2.05, 4.69) is 4.98 Å². The number of pyridine rings is 1. The SMILES string of the molecule is CC(C)(F)c1cnccc1C(N)=O. The summed E-state index contributed by atoms with van der Waals surface area (Å²) in [6.07, 6.45) is 2.73. The van der Waals surface area contributed by atoms with Gasteiger partial charge >= 0.3 is 0 Å². The van der Waals surface area contributed by atoms with Crippen LogP contribution in [0.5, 0.6) is 0 Å². The molecule has 70 valence electrons. The van der Waals surface area contributed by atoms with Crippen molar-refractivity contribution in [3.05, 3.63) is 29.6 Å². The first-order valence-electron chi connectivity index (χ1n) is 3.86. The Labute approximate surface area is 75.8 Å². The second-order valence-corrected chi connectivity index (χ2v) is 3.26. The van der Waals surface area contributed by atoms with Crippen LogP contribution in [0.3, 0.4) is 0 Å². The molecule has 2 N–H and O–H groups in total. The molecule has 0 unspecified atom stereocenters. The maximum Gasteiger partial charge on any atom is 0.249 e. The molecule has 0 aliphatic heterocycles. The highest BCUT2D eigenvalue weighted by Gasteiger charge is 2.24. The van der Waals surface area contributed by atoms with Gasteiger partial charge in [-0.2, -0.15) is 0 Å². The highest BCUT2D eigenvalue weighted by molar-refractivity contribution is 5.94. The van der Waals surface area contributed by atoms with Crippen molar-refractivity contribution in [3.63, 3.8) is 0 Å². The van der Waals surface area contributed by atoms with E-state index in [4.69, 9.17) is 5.73 Å². The van der Waals surface area contributed by atoms with Crippen molar-refractivity contribution < 1.29 is 9.18 Å². The summed E-state index contributed by atoms with van der Waals surface area (Å²) < 4.78 is 13.5. The van der Waals surface area contributed by atoms with Crippen LogP contribution in [0.2, 0.25) is 0 Å². The average molecular weight is 182 g/mol. The van der Waals surface area contributed by atoms with Gasteiger partial charge < -0.3 is 5.73 Å². The minimum atomic E-state index is -1.60. The summed E-state index contributed by atoms with van der Waals surface area (Å²) in [6.45, 7) is 2.72. The lowest BCUT2D eigenvalue weighted by Gasteiger charge is -2.16. The molecule has 0 bridgehead atoms. The van der Waals surface area contributed by atoms with E-state index in [9.17, 15) is 9.18 Å². The zero-order chi connectivity index (χ0) is 10.1. The standard InChI is InChI=1S/C9H11FN2O/c1-9(2,10)7-5-12-4-3-6(7)8(11)13/h3-5H,1-2H3,(H2,11,13). The van der Waals surface area contributed by atoms with Gasteiger partial charge in [0.15, 0.2) is 0 Å². The Morgan fingerprint density at radius 3 is 2.62 bits per heavy atom. The highest BCUT2D eigenvalue weighted by atomic mass is 19.1. The van der Waals surface area contributed by atoms with Gasteiger partial charge in [0.25, 0.3) is 0 Å². The average Bonchev–Trinajstić information content (AvgIpc) is 2.03. The number of rotatable bonds is 2. The molecule has 0 saturated heterocycles. The van der Waals surface area contributed by atoms with Crippen molar-refractivity contribution in [3.8, 4) is 0 Å². The molecular formula is C9H11FN2O. The first-order valence-corrected chi connectivity index (χ1v) is 3.86. The molecule has 0 atom stereocenters. The van der Waals surface area contributed by atoms with E-state index in [0.717, 1.165) is 0 Å². The molecule has 1 aromatic rings. The van der Waals surface area contributed by atoms with Crippen molar-refractivity contribution in [2.75, 3.05) is 0 Å². The first kappa shape index (κ1) is 9.64. The molecule has 1 amide bonds. The monoisotopic (exact) mass is 182 g/mol. The Morgan fingerprint density at radius 1 is 1.62 bits per heavy atom. The fourth-order valence-corrected chi connectivity index (χ4v) is 1.08. The highest BCUT2D eigenvalue weighted by Crippen LogP contribution is 2.26. The molecule has 0 fully saturated rings. The Bertz CT molecular complexity index is 331. The van der Waals surface area contributed by atoms with Gasteiger partial charge in [0, 0.05) is 23.5 Å². The molecule has 0 radical (unpaired) electrons. The Balaban J connectivity index is 3.28. The lowest BCUT2D eigenvalue weighted by atomic mass is 9.97. The third-order valence-electron chi connectivity index (χ3n) is 1.73. The summed E-state index contributed by atoms with van der Waals surface area (Å²) in [5.74, 6) is -0.636. The first-order chi connectivity index (χ1) is 5.93. The number of aromatic nitrogens is 1. The second-order valence-electron chi connectivity index (χ2n) is 3.26. The summed E-state index contributed by atoms with van der Waals surface area (Å²) in [6, 6.07) is 1.42. The molecule has 0 aliphatic carbocycles. The fourth-order valence-electron chi connectivity index (χ4n) is 1.08. The normalized spacial score (nSPS) is 11.3. The number of primary amides is 1. The van der Waals surface area contributed by atoms with Crippen LogP contribution < -0.4 is 5.73 Å². The summed E-state index contributed by atoms with van der Waals surface area (Å²) >= 11 is 0. The van der Waals surface area contributed by atoms with Gasteiger partial charge in [-0.05, 0) is 19.9 Å². The van der Waals surface area contributed by atoms with E-state index < -0.39 is 11.6 Å². The van der Waals surface area contributed by atoms with Gasteiger partial charge in [-0.3, -0.25) is 9.78 Å². The largest absolute Gasteiger partial charge is 0.366 e. The molecule has 3 nitrogen and oxygen atoms in total. The molecule has 1 rings (SSSR count). The molecule has 1 aromatic heterocycles. The van der Waals surface area contributed by atoms with Crippen LogP contribution in [0.4, 0.5) is 4.39 Å². The number of nitrogens with zero attached hydrogens (tertiary/aromatic N) is 1. The lowest BCUT2D eigenvalue weighted by Crippen LogP contribution is -2.20. The summed E-state index contributed by atoms with van der Waals surface area (Å²) in [7, 11) is 0. The van der Waals surface area contributed by atoms with E-state index in [1.54, 1.807) is 0 Å². The minimum absolute atomic E-state index is 0.183. The molecule has 4 heteroatoms. The van der Waals surface area contributed by atoms with Gasteiger partial charge in [0.1, 0.15) is 5.67 Å². The number of hydrogen-bond donors (Lipinski definition) is 1. The summed E-state index contributed by atoms with van der Waals surface area (Å²) in [5, 5.41) is 0. The third kappa shape index (κ3) is 2.02. The summed E-state index contributed by atoms with van der Waals surface area (Å²) in [4.78, 5) is 14.6. The van der Waals surface area contributed by atoms with E-state index in [1.165, 1.54) is 32.3 Å². The zero-order valence-corrected chi connectivity index (χ0v) is 7.54. The van der Waals surface area contributed by atoms with Gasteiger partial charge in [0.05, 0.1) is 0 Å². The van der Waals surface area contributed by atoms with Crippen LogP contribution in [0.25, 0.3) is 0 Å². The number of nitrogens with two attached hydrogens (primary N) is 1. The molecule has 0 spiro atoms. The van der Waals surface area contributed by atoms with Crippen molar-refractivity contribution in [2.45, 2.75) is 19.5 Å². The number of carbonyl (C=O) groups is 1. The molecule has 1 heterocycles. The maximum atomic E-state index is 13.5. The van der Waals surface area contributed by atoms with Gasteiger partial charge in [-0.1, -0.05) is 0 Å². The maximum absolute atomic E-state index is 13.5. The molecular weight excluding hydrogens is 171 g/mol.